The normalized spacial score (nSPS) is 22.6. The molecule has 0 saturated heterocycles. The Morgan fingerprint density at radius 1 is 1.30 bits per heavy atom. The number of halogens is 1. The lowest BCUT2D eigenvalue weighted by atomic mass is 9.77. The van der Waals surface area contributed by atoms with Crippen LogP contribution in [-0.4, -0.2) is 21.9 Å². The van der Waals surface area contributed by atoms with Crippen LogP contribution < -0.4 is 5.32 Å². The van der Waals surface area contributed by atoms with Gasteiger partial charge in [-0.1, -0.05) is 23.7 Å². The van der Waals surface area contributed by atoms with Crippen molar-refractivity contribution in [3.05, 3.63) is 33.7 Å². The third kappa shape index (κ3) is 2.36. The lowest BCUT2D eigenvalue weighted by molar-refractivity contribution is 0.0869. The summed E-state index contributed by atoms with van der Waals surface area (Å²) in [6.07, 6.45) is -0.521. The molecule has 0 spiro atoms. The molecule has 5 heteroatoms. The summed E-state index contributed by atoms with van der Waals surface area (Å²) >= 11 is 6.77. The maximum absolute atomic E-state index is 10.6. The predicted octanol–water partition coefficient (Wildman–Crippen LogP) is 4.59. The van der Waals surface area contributed by atoms with Gasteiger partial charge in [0.1, 0.15) is 5.76 Å². The van der Waals surface area contributed by atoms with Gasteiger partial charge in [-0.3, -0.25) is 0 Å². The van der Waals surface area contributed by atoms with E-state index < -0.39 is 11.6 Å². The van der Waals surface area contributed by atoms with Crippen LogP contribution in [0.25, 0.3) is 11.1 Å². The summed E-state index contributed by atoms with van der Waals surface area (Å²) in [5.74, 6) is 0.689. The van der Waals surface area contributed by atoms with E-state index in [-0.39, 0.29) is 5.92 Å². The molecule has 3 rings (SSSR count). The van der Waals surface area contributed by atoms with E-state index in [0.29, 0.717) is 5.02 Å². The highest BCUT2D eigenvalue weighted by molar-refractivity contribution is 6.34. The third-order valence-electron chi connectivity index (χ3n) is 4.92. The van der Waals surface area contributed by atoms with Crippen LogP contribution in [0.4, 0.5) is 5.69 Å². The molecule has 2 heterocycles. The Bertz CT molecular complexity index is 760. The average Bonchev–Trinajstić information content (AvgIpc) is 2.79. The largest absolute Gasteiger partial charge is 0.390 e. The first-order valence-electron chi connectivity index (χ1n) is 7.87. The zero-order valence-corrected chi connectivity index (χ0v) is 15.2. The molecular weight excluding hydrogens is 312 g/mol. The lowest BCUT2D eigenvalue weighted by Gasteiger charge is -2.43. The molecule has 0 bridgehead atoms. The van der Waals surface area contributed by atoms with Crippen molar-refractivity contribution in [2.45, 2.75) is 59.1 Å². The maximum Gasteiger partial charge on any atom is 0.141 e. The Hall–Kier alpha value is -1.52. The topological polar surface area (TPSA) is 58.3 Å². The van der Waals surface area contributed by atoms with Crippen molar-refractivity contribution in [3.63, 3.8) is 0 Å². The number of aromatic nitrogens is 1. The Morgan fingerprint density at radius 2 is 1.96 bits per heavy atom. The lowest BCUT2D eigenvalue weighted by Crippen LogP contribution is -2.50. The first-order valence-corrected chi connectivity index (χ1v) is 8.25. The van der Waals surface area contributed by atoms with Gasteiger partial charge in [-0.25, -0.2) is 0 Å². The number of aliphatic hydroxyl groups is 1. The number of hydrogen-bond donors (Lipinski definition) is 2. The molecule has 1 aromatic heterocycles. The molecule has 124 valence electrons. The highest BCUT2D eigenvalue weighted by Crippen LogP contribution is 2.48. The molecule has 1 aromatic carbocycles. The maximum atomic E-state index is 10.6. The number of rotatable bonds is 1. The highest BCUT2D eigenvalue weighted by atomic mass is 35.5. The minimum Gasteiger partial charge on any atom is -0.390 e. The summed E-state index contributed by atoms with van der Waals surface area (Å²) < 4.78 is 5.30. The summed E-state index contributed by atoms with van der Waals surface area (Å²) in [5, 5.41) is 18.8. The molecule has 0 fully saturated rings. The van der Waals surface area contributed by atoms with Crippen LogP contribution in [-0.2, 0) is 0 Å². The molecular formula is C18H23ClN2O2. The Balaban J connectivity index is 2.28. The minimum absolute atomic E-state index is 0.0622. The van der Waals surface area contributed by atoms with E-state index in [9.17, 15) is 5.11 Å². The average molecular weight is 335 g/mol. The zero-order valence-electron chi connectivity index (χ0n) is 14.4. The van der Waals surface area contributed by atoms with Crippen molar-refractivity contribution in [1.29, 1.82) is 0 Å². The van der Waals surface area contributed by atoms with Crippen molar-refractivity contribution >= 4 is 17.3 Å². The SMILES string of the molecule is Cc1cc(-c2c(C)noc2C)c(Cl)c2c1NC(C)(C)[C@H](O)[C@@H]2C. The Labute approximate surface area is 141 Å². The van der Waals surface area contributed by atoms with E-state index in [1.807, 2.05) is 34.6 Å². The van der Waals surface area contributed by atoms with Gasteiger partial charge >= 0.3 is 0 Å². The fourth-order valence-electron chi connectivity index (χ4n) is 3.64. The molecule has 4 nitrogen and oxygen atoms in total. The van der Waals surface area contributed by atoms with Gasteiger partial charge in [-0.05, 0) is 46.2 Å². The van der Waals surface area contributed by atoms with Crippen LogP contribution in [0.15, 0.2) is 10.6 Å². The van der Waals surface area contributed by atoms with Crippen LogP contribution in [0.5, 0.6) is 0 Å². The molecule has 0 aliphatic carbocycles. The number of nitrogens with zero attached hydrogens (tertiary/aromatic N) is 1. The summed E-state index contributed by atoms with van der Waals surface area (Å²) in [4.78, 5) is 0. The minimum atomic E-state index is -0.521. The van der Waals surface area contributed by atoms with E-state index in [1.165, 1.54) is 0 Å². The van der Waals surface area contributed by atoms with Crippen LogP contribution >= 0.6 is 11.6 Å². The summed E-state index contributed by atoms with van der Waals surface area (Å²) in [7, 11) is 0. The van der Waals surface area contributed by atoms with Gasteiger partial charge in [0, 0.05) is 28.3 Å². The Kier molecular flexibility index (Phi) is 3.73. The summed E-state index contributed by atoms with van der Waals surface area (Å²) in [5.41, 5.74) is 5.37. The van der Waals surface area contributed by atoms with Gasteiger partial charge in [0.25, 0.3) is 0 Å². The quantitative estimate of drug-likeness (QED) is 0.800. The fourth-order valence-corrected chi connectivity index (χ4v) is 4.06. The molecule has 0 saturated carbocycles. The van der Waals surface area contributed by atoms with Gasteiger partial charge < -0.3 is 14.9 Å². The number of fused-ring (bicyclic) bond motifs is 1. The van der Waals surface area contributed by atoms with Gasteiger partial charge in [0.15, 0.2) is 0 Å². The molecule has 2 aromatic rings. The molecule has 1 aliphatic heterocycles. The number of aryl methyl sites for hydroxylation is 3. The van der Waals surface area contributed by atoms with Crippen molar-refractivity contribution in [1.82, 2.24) is 5.16 Å². The fraction of sp³-hybridized carbons (Fsp3) is 0.500. The third-order valence-corrected chi connectivity index (χ3v) is 5.32. The van der Waals surface area contributed by atoms with E-state index in [4.69, 9.17) is 16.1 Å². The molecule has 0 radical (unpaired) electrons. The smallest absolute Gasteiger partial charge is 0.141 e. The number of aliphatic hydroxyl groups excluding tert-OH is 1. The second-order valence-electron chi connectivity index (χ2n) is 7.12. The molecule has 2 N–H and O–H groups in total. The highest BCUT2D eigenvalue weighted by Gasteiger charge is 2.41. The van der Waals surface area contributed by atoms with Crippen LogP contribution in [0.1, 0.15) is 49.3 Å². The zero-order chi connectivity index (χ0) is 17.1. The molecule has 1 aliphatic rings. The van der Waals surface area contributed by atoms with Gasteiger partial charge in [-0.15, -0.1) is 0 Å². The van der Waals surface area contributed by atoms with Crippen molar-refractivity contribution < 1.29 is 9.63 Å². The van der Waals surface area contributed by atoms with Crippen molar-refractivity contribution in [2.75, 3.05) is 5.32 Å². The van der Waals surface area contributed by atoms with Gasteiger partial charge in [0.2, 0.25) is 0 Å². The van der Waals surface area contributed by atoms with Crippen LogP contribution in [0, 0.1) is 20.8 Å². The number of benzene rings is 1. The summed E-state index contributed by atoms with van der Waals surface area (Å²) in [6, 6.07) is 2.07. The standard InChI is InChI=1S/C18H23ClN2O2/c1-8-7-12(14-10(3)21-23-11(14)4)15(19)13-9(2)17(22)18(5,6)20-16(8)13/h7,9,17,20,22H,1-6H3/t9-,17-/m1/s1. The molecule has 0 amide bonds. The summed E-state index contributed by atoms with van der Waals surface area (Å²) in [6.45, 7) is 11.9. The van der Waals surface area contributed by atoms with Crippen LogP contribution in [0.3, 0.4) is 0 Å². The number of nitrogens with one attached hydrogen (secondary N) is 1. The monoisotopic (exact) mass is 334 g/mol. The van der Waals surface area contributed by atoms with E-state index in [2.05, 4.69) is 23.5 Å². The van der Waals surface area contributed by atoms with E-state index in [0.717, 1.165) is 39.4 Å². The first-order chi connectivity index (χ1) is 10.6. The second-order valence-corrected chi connectivity index (χ2v) is 7.50. The van der Waals surface area contributed by atoms with E-state index >= 15 is 0 Å². The second kappa shape index (κ2) is 5.25. The van der Waals surface area contributed by atoms with Crippen molar-refractivity contribution in [3.8, 4) is 11.1 Å². The molecule has 23 heavy (non-hydrogen) atoms. The van der Waals surface area contributed by atoms with Gasteiger partial charge in [0.05, 0.1) is 22.4 Å². The van der Waals surface area contributed by atoms with E-state index in [1.54, 1.807) is 0 Å². The molecule has 2 atom stereocenters. The Morgan fingerprint density at radius 3 is 2.52 bits per heavy atom. The molecule has 0 unspecified atom stereocenters. The first kappa shape index (κ1) is 16.3. The van der Waals surface area contributed by atoms with Crippen LogP contribution in [0.2, 0.25) is 5.02 Å². The number of anilines is 1. The predicted molar refractivity (Wildman–Crippen MR) is 93.3 cm³/mol. The number of hydrogen-bond acceptors (Lipinski definition) is 4. The van der Waals surface area contributed by atoms with Gasteiger partial charge in [-0.2, -0.15) is 0 Å². The van der Waals surface area contributed by atoms with Crippen molar-refractivity contribution in [2.24, 2.45) is 0 Å².